The summed E-state index contributed by atoms with van der Waals surface area (Å²) in [5.74, 6) is 0. The molecule has 0 aromatic rings. The molecule has 1 unspecified atom stereocenters. The lowest BCUT2D eigenvalue weighted by Crippen LogP contribution is -2.51. The Morgan fingerprint density at radius 3 is 2.58 bits per heavy atom. The van der Waals surface area contributed by atoms with Gasteiger partial charge in [0.05, 0.1) is 6.61 Å². The molecular formula is C5H9N3O4. The van der Waals surface area contributed by atoms with Gasteiger partial charge in [-0.05, 0) is 5.53 Å². The fourth-order valence-corrected chi connectivity index (χ4v) is 0.943. The lowest BCUT2D eigenvalue weighted by atomic mass is 10.1. The molecule has 0 aliphatic carbocycles. The van der Waals surface area contributed by atoms with Crippen molar-refractivity contribution in [3.63, 3.8) is 0 Å². The van der Waals surface area contributed by atoms with Crippen LogP contribution in [-0.2, 0) is 4.74 Å². The standard InChI is InChI=1S/C5H9N3O4/c6-8-7-5-4(11)3(10)2(9)1-12-5/h2-5,9-11H,1H2/t2-,3-,4+,5?/m1/s1. The SMILES string of the molecule is [N-]=[N+]=NC1OC[C@@H](O)[C@@H](O)[C@@H]1O. The predicted octanol–water partition coefficient (Wildman–Crippen LogP) is -1.26. The summed E-state index contributed by atoms with van der Waals surface area (Å²) < 4.78 is 4.73. The van der Waals surface area contributed by atoms with Crippen LogP contribution in [0.15, 0.2) is 5.11 Å². The fourth-order valence-electron chi connectivity index (χ4n) is 0.943. The lowest BCUT2D eigenvalue weighted by Gasteiger charge is -2.32. The Hall–Kier alpha value is -0.850. The van der Waals surface area contributed by atoms with Crippen LogP contribution >= 0.6 is 0 Å². The van der Waals surface area contributed by atoms with Gasteiger partial charge in [0.15, 0.2) is 6.23 Å². The molecule has 1 rings (SSSR count). The minimum Gasteiger partial charge on any atom is -0.388 e. The molecule has 3 N–H and O–H groups in total. The van der Waals surface area contributed by atoms with E-state index in [2.05, 4.69) is 10.0 Å². The highest BCUT2D eigenvalue weighted by Crippen LogP contribution is 2.16. The Balaban J connectivity index is 2.64. The lowest BCUT2D eigenvalue weighted by molar-refractivity contribution is -0.184. The van der Waals surface area contributed by atoms with Gasteiger partial charge in [0.25, 0.3) is 0 Å². The van der Waals surface area contributed by atoms with Crippen molar-refractivity contribution in [3.05, 3.63) is 10.4 Å². The number of azide groups is 1. The largest absolute Gasteiger partial charge is 0.388 e. The van der Waals surface area contributed by atoms with Crippen LogP contribution in [-0.4, -0.2) is 46.5 Å². The second-order valence-electron chi connectivity index (χ2n) is 2.48. The highest BCUT2D eigenvalue weighted by Gasteiger charge is 2.36. The van der Waals surface area contributed by atoms with Crippen molar-refractivity contribution in [2.24, 2.45) is 5.11 Å². The quantitative estimate of drug-likeness (QED) is 0.261. The van der Waals surface area contributed by atoms with Crippen LogP contribution in [0.2, 0.25) is 0 Å². The monoisotopic (exact) mass is 175 g/mol. The molecule has 7 heteroatoms. The van der Waals surface area contributed by atoms with Crippen molar-refractivity contribution >= 4 is 0 Å². The third-order valence-corrected chi connectivity index (χ3v) is 1.64. The molecule has 0 bridgehead atoms. The van der Waals surface area contributed by atoms with Crippen molar-refractivity contribution in [2.45, 2.75) is 24.5 Å². The van der Waals surface area contributed by atoms with Gasteiger partial charge in [-0.25, -0.2) is 0 Å². The molecule has 0 radical (unpaired) electrons. The van der Waals surface area contributed by atoms with Crippen LogP contribution < -0.4 is 0 Å². The smallest absolute Gasteiger partial charge is 0.165 e. The average molecular weight is 175 g/mol. The second kappa shape index (κ2) is 3.70. The van der Waals surface area contributed by atoms with Gasteiger partial charge >= 0.3 is 0 Å². The topological polar surface area (TPSA) is 119 Å². The second-order valence-corrected chi connectivity index (χ2v) is 2.48. The van der Waals surface area contributed by atoms with Crippen LogP contribution in [0, 0.1) is 0 Å². The average Bonchev–Trinajstić information content (AvgIpc) is 2.07. The number of hydrogen-bond donors (Lipinski definition) is 3. The van der Waals surface area contributed by atoms with E-state index in [1.54, 1.807) is 0 Å². The molecule has 68 valence electrons. The highest BCUT2D eigenvalue weighted by molar-refractivity contribution is 4.85. The van der Waals surface area contributed by atoms with Gasteiger partial charge < -0.3 is 20.1 Å². The van der Waals surface area contributed by atoms with Crippen molar-refractivity contribution in [3.8, 4) is 0 Å². The molecule has 7 nitrogen and oxygen atoms in total. The molecule has 1 aliphatic rings. The van der Waals surface area contributed by atoms with Crippen LogP contribution in [0.3, 0.4) is 0 Å². The van der Waals surface area contributed by atoms with E-state index in [0.717, 1.165) is 0 Å². The van der Waals surface area contributed by atoms with Crippen molar-refractivity contribution in [1.82, 2.24) is 0 Å². The normalized spacial score (nSPS) is 41.9. The summed E-state index contributed by atoms with van der Waals surface area (Å²) >= 11 is 0. The number of nitrogens with zero attached hydrogens (tertiary/aromatic N) is 3. The molecule has 0 saturated carbocycles. The van der Waals surface area contributed by atoms with Crippen molar-refractivity contribution in [1.29, 1.82) is 0 Å². The van der Waals surface area contributed by atoms with Crippen LogP contribution in [0.1, 0.15) is 0 Å². The Bertz CT molecular complexity index is 205. The Labute approximate surface area is 67.8 Å². The zero-order chi connectivity index (χ0) is 9.14. The number of rotatable bonds is 1. The maximum absolute atomic E-state index is 9.14. The third kappa shape index (κ3) is 1.66. The predicted molar refractivity (Wildman–Crippen MR) is 36.9 cm³/mol. The molecule has 0 aromatic carbocycles. The molecule has 1 fully saturated rings. The summed E-state index contributed by atoms with van der Waals surface area (Å²) in [6.45, 7) is -0.151. The summed E-state index contributed by atoms with van der Waals surface area (Å²) in [6.07, 6.45) is -4.95. The molecular weight excluding hydrogens is 166 g/mol. The first-order valence-electron chi connectivity index (χ1n) is 3.37. The van der Waals surface area contributed by atoms with Gasteiger partial charge in [-0.15, -0.1) is 0 Å². The van der Waals surface area contributed by atoms with Gasteiger partial charge in [0.2, 0.25) is 0 Å². The Kier molecular flexibility index (Phi) is 2.85. The number of aliphatic hydroxyl groups is 3. The van der Waals surface area contributed by atoms with E-state index >= 15 is 0 Å². The van der Waals surface area contributed by atoms with Gasteiger partial charge in [-0.1, -0.05) is 5.11 Å². The Morgan fingerprint density at radius 1 is 1.33 bits per heavy atom. The van der Waals surface area contributed by atoms with Crippen LogP contribution in [0.25, 0.3) is 10.4 Å². The van der Waals surface area contributed by atoms with E-state index in [1.165, 1.54) is 0 Å². The van der Waals surface area contributed by atoms with E-state index in [1.807, 2.05) is 0 Å². The summed E-state index contributed by atoms with van der Waals surface area (Å²) in [6, 6.07) is 0. The van der Waals surface area contributed by atoms with Crippen molar-refractivity contribution in [2.75, 3.05) is 6.61 Å². The fraction of sp³-hybridized carbons (Fsp3) is 1.00. The van der Waals surface area contributed by atoms with Gasteiger partial charge in [-0.3, -0.25) is 0 Å². The minimum atomic E-state index is -1.37. The van der Waals surface area contributed by atoms with Crippen LogP contribution in [0.4, 0.5) is 0 Å². The molecule has 0 amide bonds. The molecule has 0 aromatic heterocycles. The summed E-state index contributed by atoms with van der Waals surface area (Å²) in [5.41, 5.74) is 8.01. The zero-order valence-electron chi connectivity index (χ0n) is 6.11. The van der Waals surface area contributed by atoms with E-state index in [-0.39, 0.29) is 6.61 Å². The highest BCUT2D eigenvalue weighted by atomic mass is 16.5. The first-order valence-corrected chi connectivity index (χ1v) is 3.37. The molecule has 4 atom stereocenters. The summed E-state index contributed by atoms with van der Waals surface area (Å²) in [7, 11) is 0. The van der Waals surface area contributed by atoms with E-state index in [9.17, 15) is 0 Å². The molecule has 0 spiro atoms. The maximum atomic E-state index is 9.14. The third-order valence-electron chi connectivity index (χ3n) is 1.64. The van der Waals surface area contributed by atoms with E-state index in [4.69, 9.17) is 25.6 Å². The Morgan fingerprint density at radius 2 is 2.00 bits per heavy atom. The number of aliphatic hydroxyl groups excluding tert-OH is 3. The first kappa shape index (κ1) is 9.24. The first-order chi connectivity index (χ1) is 5.66. The zero-order valence-corrected chi connectivity index (χ0v) is 6.11. The van der Waals surface area contributed by atoms with Crippen molar-refractivity contribution < 1.29 is 20.1 Å². The number of ether oxygens (including phenoxy) is 1. The molecule has 1 saturated heterocycles. The maximum Gasteiger partial charge on any atom is 0.165 e. The van der Waals surface area contributed by atoms with Gasteiger partial charge in [-0.2, -0.15) is 0 Å². The molecule has 1 aliphatic heterocycles. The summed E-state index contributed by atoms with van der Waals surface area (Å²) in [5, 5.41) is 30.3. The summed E-state index contributed by atoms with van der Waals surface area (Å²) in [4.78, 5) is 2.42. The minimum absolute atomic E-state index is 0.151. The van der Waals surface area contributed by atoms with Gasteiger partial charge in [0.1, 0.15) is 18.3 Å². The van der Waals surface area contributed by atoms with E-state index < -0.39 is 24.5 Å². The molecule has 12 heavy (non-hydrogen) atoms. The van der Waals surface area contributed by atoms with E-state index in [0.29, 0.717) is 0 Å². The van der Waals surface area contributed by atoms with Gasteiger partial charge in [0, 0.05) is 4.91 Å². The van der Waals surface area contributed by atoms with Crippen LogP contribution in [0.5, 0.6) is 0 Å². The number of hydrogen-bond acceptors (Lipinski definition) is 5. The molecule has 1 heterocycles.